The number of aryl methyl sites for hydroxylation is 2. The van der Waals surface area contributed by atoms with Crippen LogP contribution in [0.4, 0.5) is 5.82 Å². The number of hydrogen-bond donors (Lipinski definition) is 1. The molecule has 6 nitrogen and oxygen atoms in total. The third-order valence-corrected chi connectivity index (χ3v) is 5.44. The maximum Gasteiger partial charge on any atom is 0.254 e. The maximum absolute atomic E-state index is 12.6. The van der Waals surface area contributed by atoms with E-state index in [1.165, 1.54) is 0 Å². The first-order valence-corrected chi connectivity index (χ1v) is 8.96. The Hall–Kier alpha value is -1.69. The molecule has 132 valence electrons. The van der Waals surface area contributed by atoms with Crippen LogP contribution in [0.1, 0.15) is 50.0 Å². The highest BCUT2D eigenvalue weighted by atomic mass is 16.3. The van der Waals surface area contributed by atoms with Gasteiger partial charge < -0.3 is 14.9 Å². The normalized spacial score (nSPS) is 21.1. The van der Waals surface area contributed by atoms with Crippen LogP contribution in [-0.2, 0) is 4.79 Å². The van der Waals surface area contributed by atoms with Crippen LogP contribution in [-0.4, -0.2) is 57.7 Å². The molecule has 0 spiro atoms. The Morgan fingerprint density at radius 1 is 1.25 bits per heavy atom. The molecule has 3 rings (SSSR count). The molecule has 1 saturated carbocycles. The lowest BCUT2D eigenvalue weighted by Gasteiger charge is -2.39. The summed E-state index contributed by atoms with van der Waals surface area (Å²) in [6.45, 7) is 5.64. The summed E-state index contributed by atoms with van der Waals surface area (Å²) in [6.07, 6.45) is 4.91. The molecule has 0 unspecified atom stereocenters. The molecule has 1 N–H and O–H groups in total. The minimum Gasteiger partial charge on any atom is -0.380 e. The average Bonchev–Trinajstić information content (AvgIpc) is 3.01. The number of aliphatic hydroxyl groups is 1. The summed E-state index contributed by atoms with van der Waals surface area (Å²) in [6, 6.07) is 2.21. The molecule has 24 heavy (non-hydrogen) atoms. The van der Waals surface area contributed by atoms with Gasteiger partial charge in [0.2, 0.25) is 0 Å². The summed E-state index contributed by atoms with van der Waals surface area (Å²) >= 11 is 0. The first-order valence-electron chi connectivity index (χ1n) is 8.96. The highest BCUT2D eigenvalue weighted by Gasteiger charge is 2.42. The van der Waals surface area contributed by atoms with Crippen molar-refractivity contribution in [3.05, 3.63) is 17.6 Å². The number of rotatable bonds is 3. The highest BCUT2D eigenvalue weighted by Crippen LogP contribution is 2.32. The molecular weight excluding hydrogens is 304 g/mol. The molecule has 1 aromatic rings. The number of anilines is 1. The van der Waals surface area contributed by atoms with Crippen molar-refractivity contribution in [2.75, 3.05) is 25.0 Å². The fraction of sp³-hybridized carbons (Fsp3) is 0.722. The van der Waals surface area contributed by atoms with E-state index >= 15 is 0 Å². The number of aromatic nitrogens is 2. The molecule has 0 atom stereocenters. The number of piperidine rings is 1. The Morgan fingerprint density at radius 2 is 1.88 bits per heavy atom. The van der Waals surface area contributed by atoms with E-state index in [1.54, 1.807) is 4.90 Å². The van der Waals surface area contributed by atoms with Crippen molar-refractivity contribution >= 4 is 11.7 Å². The van der Waals surface area contributed by atoms with Crippen molar-refractivity contribution in [1.82, 2.24) is 14.9 Å². The van der Waals surface area contributed by atoms with Gasteiger partial charge in [0.25, 0.3) is 5.91 Å². The van der Waals surface area contributed by atoms with E-state index in [-0.39, 0.29) is 11.9 Å². The first kappa shape index (κ1) is 17.1. The monoisotopic (exact) mass is 332 g/mol. The first-order chi connectivity index (χ1) is 11.4. The van der Waals surface area contributed by atoms with Crippen LogP contribution in [0, 0.1) is 13.8 Å². The summed E-state index contributed by atoms with van der Waals surface area (Å²) in [5.74, 6) is 1.68. The van der Waals surface area contributed by atoms with Crippen molar-refractivity contribution in [2.45, 2.75) is 64.0 Å². The Morgan fingerprint density at radius 3 is 2.46 bits per heavy atom. The van der Waals surface area contributed by atoms with Gasteiger partial charge in [-0.15, -0.1) is 0 Å². The van der Waals surface area contributed by atoms with E-state index in [4.69, 9.17) is 0 Å². The lowest BCUT2D eigenvalue weighted by molar-refractivity contribution is -0.151. The second-order valence-corrected chi connectivity index (χ2v) is 7.29. The predicted octanol–water partition coefficient (Wildman–Crippen LogP) is 1.83. The summed E-state index contributed by atoms with van der Waals surface area (Å²) in [4.78, 5) is 25.6. The highest BCUT2D eigenvalue weighted by molar-refractivity contribution is 5.85. The van der Waals surface area contributed by atoms with Gasteiger partial charge in [0.1, 0.15) is 17.2 Å². The second kappa shape index (κ2) is 6.67. The molecule has 1 amide bonds. The quantitative estimate of drug-likeness (QED) is 0.914. The van der Waals surface area contributed by atoms with Crippen LogP contribution in [0.2, 0.25) is 0 Å². The molecule has 2 heterocycles. The molecule has 0 bridgehead atoms. The van der Waals surface area contributed by atoms with Gasteiger partial charge in [-0.1, -0.05) is 0 Å². The van der Waals surface area contributed by atoms with Crippen molar-refractivity contribution in [2.24, 2.45) is 0 Å². The van der Waals surface area contributed by atoms with Gasteiger partial charge >= 0.3 is 0 Å². The minimum absolute atomic E-state index is 0.0906. The molecule has 1 aliphatic heterocycles. The third kappa shape index (κ3) is 3.38. The number of amides is 1. The van der Waals surface area contributed by atoms with Gasteiger partial charge in [-0.25, -0.2) is 9.97 Å². The number of hydrogen-bond acceptors (Lipinski definition) is 5. The van der Waals surface area contributed by atoms with Gasteiger partial charge in [0.05, 0.1) is 0 Å². The molecule has 2 aliphatic rings. The molecule has 1 saturated heterocycles. The largest absolute Gasteiger partial charge is 0.380 e. The summed E-state index contributed by atoms with van der Waals surface area (Å²) < 4.78 is 0. The lowest BCUT2D eigenvalue weighted by Crippen LogP contribution is -2.52. The van der Waals surface area contributed by atoms with Gasteiger partial charge in [0, 0.05) is 37.9 Å². The molecule has 0 radical (unpaired) electrons. The lowest BCUT2D eigenvalue weighted by atomic mass is 9.97. The molecular formula is C18H28N4O2. The Labute approximate surface area is 143 Å². The molecule has 0 aromatic carbocycles. The zero-order valence-electron chi connectivity index (χ0n) is 15.0. The fourth-order valence-electron chi connectivity index (χ4n) is 4.01. The van der Waals surface area contributed by atoms with Crippen LogP contribution in [0.3, 0.4) is 0 Å². The van der Waals surface area contributed by atoms with Crippen molar-refractivity contribution in [1.29, 1.82) is 0 Å². The molecule has 1 aromatic heterocycles. The van der Waals surface area contributed by atoms with E-state index in [9.17, 15) is 9.90 Å². The van der Waals surface area contributed by atoms with E-state index in [0.29, 0.717) is 12.8 Å². The number of carbonyl (C=O) groups is 1. The van der Waals surface area contributed by atoms with Crippen molar-refractivity contribution < 1.29 is 9.90 Å². The zero-order chi connectivity index (χ0) is 17.3. The summed E-state index contributed by atoms with van der Waals surface area (Å²) in [5.41, 5.74) is -0.136. The van der Waals surface area contributed by atoms with Gasteiger partial charge in [-0.3, -0.25) is 4.79 Å². The summed E-state index contributed by atoms with van der Waals surface area (Å²) in [7, 11) is 1.85. The van der Waals surface area contributed by atoms with Crippen molar-refractivity contribution in [3.63, 3.8) is 0 Å². The maximum atomic E-state index is 12.6. The Bertz CT molecular complexity index is 585. The molecule has 1 aliphatic carbocycles. The van der Waals surface area contributed by atoms with E-state index in [2.05, 4.69) is 14.9 Å². The van der Waals surface area contributed by atoms with Gasteiger partial charge in [-0.05, 0) is 52.4 Å². The van der Waals surface area contributed by atoms with E-state index < -0.39 is 5.60 Å². The van der Waals surface area contributed by atoms with Gasteiger partial charge in [0.15, 0.2) is 0 Å². The zero-order valence-corrected chi connectivity index (χ0v) is 15.0. The predicted molar refractivity (Wildman–Crippen MR) is 92.9 cm³/mol. The smallest absolute Gasteiger partial charge is 0.254 e. The van der Waals surface area contributed by atoms with Crippen LogP contribution in [0.5, 0.6) is 0 Å². The fourth-order valence-corrected chi connectivity index (χ4v) is 4.01. The standard InChI is InChI=1S/C18H28N4O2/c1-13-12-16(20-14(2)19-13)22-10-6-15(7-11-22)21(3)17(23)18(24)8-4-5-9-18/h12,15,24H,4-11H2,1-3H3. The summed E-state index contributed by atoms with van der Waals surface area (Å²) in [5, 5.41) is 10.5. The van der Waals surface area contributed by atoms with Gasteiger partial charge in [-0.2, -0.15) is 0 Å². The van der Waals surface area contributed by atoms with E-state index in [1.807, 2.05) is 27.0 Å². The second-order valence-electron chi connectivity index (χ2n) is 7.29. The number of carbonyl (C=O) groups excluding carboxylic acids is 1. The Kier molecular flexibility index (Phi) is 4.76. The number of nitrogens with zero attached hydrogens (tertiary/aromatic N) is 4. The SMILES string of the molecule is Cc1cc(N2CCC(N(C)C(=O)C3(O)CCCC3)CC2)nc(C)n1. The Balaban J connectivity index is 1.61. The molecule has 2 fully saturated rings. The minimum atomic E-state index is -1.12. The van der Waals surface area contributed by atoms with Crippen molar-refractivity contribution in [3.8, 4) is 0 Å². The van der Waals surface area contributed by atoms with Crippen LogP contribution in [0.25, 0.3) is 0 Å². The topological polar surface area (TPSA) is 69.6 Å². The number of likely N-dealkylation sites (N-methyl/N-ethyl adjacent to an activating group) is 1. The van der Waals surface area contributed by atoms with E-state index in [0.717, 1.165) is 56.1 Å². The third-order valence-electron chi connectivity index (χ3n) is 5.44. The van der Waals surface area contributed by atoms with Crippen LogP contribution < -0.4 is 4.90 Å². The average molecular weight is 332 g/mol. The molecule has 6 heteroatoms. The van der Waals surface area contributed by atoms with Crippen LogP contribution >= 0.6 is 0 Å². The van der Waals surface area contributed by atoms with Crippen LogP contribution in [0.15, 0.2) is 6.07 Å².